The number of para-hydroxylation sites is 3. The minimum Gasteiger partial charge on any atom is -0.511 e. The van der Waals surface area contributed by atoms with Crippen molar-refractivity contribution in [1.82, 2.24) is 0 Å². The number of aldehydes is 1. The van der Waals surface area contributed by atoms with Gasteiger partial charge in [0.25, 0.3) is 22.1 Å². The lowest BCUT2D eigenvalue weighted by Gasteiger charge is -2.32. The summed E-state index contributed by atoms with van der Waals surface area (Å²) in [6.45, 7) is 8.00. The third kappa shape index (κ3) is 7.79. The lowest BCUT2D eigenvalue weighted by atomic mass is 9.75. The fraction of sp³-hybridized carbons (Fsp3) is 0.125. The lowest BCUT2D eigenvalue weighted by Crippen LogP contribution is -2.23. The third-order valence-electron chi connectivity index (χ3n) is 13.1. The van der Waals surface area contributed by atoms with Gasteiger partial charge in [-0.1, -0.05) is 154 Å². The second kappa shape index (κ2) is 17.3. The zero-order chi connectivity index (χ0) is 47.4. The Morgan fingerprint density at radius 2 is 0.941 bits per heavy atom. The first kappa shape index (κ1) is 44.9. The molecule has 12 heteroatoms. The maximum absolute atomic E-state index is 15.4. The van der Waals surface area contributed by atoms with Crippen LogP contribution in [0.3, 0.4) is 0 Å². The second-order valence-corrected chi connectivity index (χ2v) is 24.7. The van der Waals surface area contributed by atoms with Crippen LogP contribution in [-0.2, 0) is 36.2 Å². The summed E-state index contributed by atoms with van der Waals surface area (Å²) in [5.41, 5.74) is 5.63. The number of hydrogen-bond acceptors (Lipinski definition) is 9. The van der Waals surface area contributed by atoms with E-state index in [1.54, 1.807) is 72.8 Å². The average Bonchev–Trinajstić information content (AvgIpc) is 3.34. The van der Waals surface area contributed by atoms with E-state index in [0.717, 1.165) is 33.4 Å². The van der Waals surface area contributed by atoms with Crippen LogP contribution < -0.4 is 29.5 Å². The van der Waals surface area contributed by atoms with Crippen molar-refractivity contribution in [2.24, 2.45) is 0 Å². The van der Waals surface area contributed by atoms with Crippen molar-refractivity contribution in [3.05, 3.63) is 210 Å². The van der Waals surface area contributed by atoms with Crippen molar-refractivity contribution in [1.29, 1.82) is 0 Å². The standard InChI is InChI=1S/C56H47O9P3/c1-4-40(31-37(29-30-57)48(58)36-68(62)54-28-16-10-22-47(54)44-19-7-13-25-51(44)65-68)56(2,3)41-32-38(34-66(60)52-26-14-8-20-45(52)42-17-5-11-23-49(42)63-66)55(59)39(33-41)35-67(61)53-27-15-9-21-46(53)43-18-6-12-24-50(43)64-67/h4-28,30-33,58-59H,1,29,34-36H2,2-3H3/b40-31+,48-37+. The van der Waals surface area contributed by atoms with Gasteiger partial charge in [0.05, 0.1) is 34.4 Å². The number of aliphatic hydroxyl groups excluding tert-OH is 1. The molecule has 0 aromatic heterocycles. The van der Waals surface area contributed by atoms with Gasteiger partial charge in [0.2, 0.25) is 0 Å². The van der Waals surface area contributed by atoms with Crippen molar-refractivity contribution < 1.29 is 42.3 Å². The molecule has 3 atom stereocenters. The van der Waals surface area contributed by atoms with Gasteiger partial charge >= 0.3 is 0 Å². The van der Waals surface area contributed by atoms with Gasteiger partial charge in [-0.05, 0) is 69.8 Å². The summed E-state index contributed by atoms with van der Waals surface area (Å²) >= 11 is 0. The molecule has 3 heterocycles. The van der Waals surface area contributed by atoms with E-state index >= 15 is 9.13 Å². The fourth-order valence-electron chi connectivity index (χ4n) is 9.59. The van der Waals surface area contributed by atoms with Gasteiger partial charge in [-0.25, -0.2) is 0 Å². The van der Waals surface area contributed by atoms with Crippen molar-refractivity contribution in [2.75, 3.05) is 6.16 Å². The third-order valence-corrected chi connectivity index (χ3v) is 20.2. The van der Waals surface area contributed by atoms with Crippen molar-refractivity contribution in [3.63, 3.8) is 0 Å². The number of phenolic OH excluding ortho intramolecular Hbond substituents is 1. The SMILES string of the molecule is C=C/C(=C\C(CC=O)=C(\O)CP1(=O)Oc2ccccc2-c2ccccc21)C(C)(C)c1cc(CP2(=O)Oc3ccccc3-c3ccccc32)c(O)c(CP2(=O)Oc3ccccc3-c3ccccc32)c1. The number of aliphatic hydroxyl groups is 1. The van der Waals surface area contributed by atoms with Crippen LogP contribution in [0.25, 0.3) is 33.4 Å². The quantitative estimate of drug-likeness (QED) is 0.0531. The molecule has 340 valence electrons. The van der Waals surface area contributed by atoms with Gasteiger partial charge < -0.3 is 28.6 Å². The minimum absolute atomic E-state index is 0.197. The Hall–Kier alpha value is -6.88. The predicted molar refractivity (Wildman–Crippen MR) is 271 cm³/mol. The van der Waals surface area contributed by atoms with Gasteiger partial charge in [0.1, 0.15) is 35.0 Å². The second-order valence-electron chi connectivity index (χ2n) is 17.7. The van der Waals surface area contributed by atoms with E-state index in [1.165, 1.54) is 0 Å². The summed E-state index contributed by atoms with van der Waals surface area (Å²) in [5, 5.41) is 25.9. The van der Waals surface area contributed by atoms with Crippen LogP contribution in [0.1, 0.15) is 37.0 Å². The van der Waals surface area contributed by atoms with Crippen molar-refractivity contribution in [3.8, 4) is 56.4 Å². The Labute approximate surface area is 395 Å². The molecule has 7 aromatic rings. The molecule has 0 aliphatic carbocycles. The highest BCUT2D eigenvalue weighted by Crippen LogP contribution is 2.61. The first-order valence-corrected chi connectivity index (χ1v) is 27.7. The summed E-state index contributed by atoms with van der Waals surface area (Å²) in [5.74, 6) is 0.873. The monoisotopic (exact) mass is 956 g/mol. The molecule has 3 unspecified atom stereocenters. The minimum atomic E-state index is -3.79. The molecule has 0 saturated carbocycles. The Balaban J connectivity index is 1.09. The number of rotatable bonds is 12. The highest BCUT2D eigenvalue weighted by atomic mass is 31.2. The van der Waals surface area contributed by atoms with Crippen LogP contribution in [0, 0.1) is 0 Å². The first-order valence-electron chi connectivity index (χ1n) is 22.2. The van der Waals surface area contributed by atoms with E-state index < -0.39 is 27.5 Å². The summed E-state index contributed by atoms with van der Waals surface area (Å²) in [6, 6.07) is 47.7. The summed E-state index contributed by atoms with van der Waals surface area (Å²) < 4.78 is 64.9. The Morgan fingerprint density at radius 1 is 0.574 bits per heavy atom. The molecule has 0 bridgehead atoms. The normalized spacial score (nSPS) is 20.2. The van der Waals surface area contributed by atoms with E-state index in [-0.39, 0.29) is 42.0 Å². The summed E-state index contributed by atoms with van der Waals surface area (Å²) in [4.78, 5) is 12.3. The molecule has 10 rings (SSSR count). The van der Waals surface area contributed by atoms with Gasteiger partial charge in [0.15, 0.2) is 0 Å². The van der Waals surface area contributed by atoms with E-state index in [9.17, 15) is 19.6 Å². The van der Waals surface area contributed by atoms with E-state index in [2.05, 4.69) is 6.58 Å². The largest absolute Gasteiger partial charge is 0.511 e. The van der Waals surface area contributed by atoms with Gasteiger partial charge in [0, 0.05) is 39.7 Å². The van der Waals surface area contributed by atoms with Gasteiger partial charge in [-0.15, -0.1) is 0 Å². The Kier molecular flexibility index (Phi) is 11.4. The molecule has 0 radical (unpaired) electrons. The molecule has 68 heavy (non-hydrogen) atoms. The highest BCUT2D eigenvalue weighted by molar-refractivity contribution is 7.68. The molecule has 0 saturated heterocycles. The molecule has 3 aliphatic heterocycles. The molecule has 0 fully saturated rings. The first-order chi connectivity index (χ1) is 32.7. The number of carbonyl (C=O) groups is 1. The smallest absolute Gasteiger partial charge is 0.285 e. The maximum atomic E-state index is 15.4. The molecular weight excluding hydrogens is 910 g/mol. The number of hydrogen-bond donors (Lipinski definition) is 2. The van der Waals surface area contributed by atoms with E-state index in [4.69, 9.17) is 13.6 Å². The van der Waals surface area contributed by atoms with E-state index in [0.29, 0.717) is 61.7 Å². The lowest BCUT2D eigenvalue weighted by molar-refractivity contribution is -0.107. The molecule has 0 amide bonds. The van der Waals surface area contributed by atoms with E-state index in [1.807, 2.05) is 111 Å². The zero-order valence-electron chi connectivity index (χ0n) is 37.4. The molecule has 0 spiro atoms. The summed E-state index contributed by atoms with van der Waals surface area (Å²) in [7, 11) is -11.3. The van der Waals surface area contributed by atoms with Crippen LogP contribution in [0.2, 0.25) is 0 Å². The molecule has 3 aliphatic rings. The maximum Gasteiger partial charge on any atom is 0.285 e. The number of allylic oxidation sites excluding steroid dienone is 5. The number of phenols is 1. The molecular formula is C56H47O9P3. The highest BCUT2D eigenvalue weighted by Gasteiger charge is 2.41. The molecule has 7 aromatic carbocycles. The number of carbonyl (C=O) groups excluding carboxylic acids is 1. The van der Waals surface area contributed by atoms with Crippen LogP contribution in [0.15, 0.2) is 193 Å². The van der Waals surface area contributed by atoms with Crippen LogP contribution in [-0.4, -0.2) is 22.7 Å². The number of benzene rings is 7. The predicted octanol–water partition coefficient (Wildman–Crippen LogP) is 13.2. The van der Waals surface area contributed by atoms with Gasteiger partial charge in [-0.2, -0.15) is 0 Å². The number of fused-ring (bicyclic) bond motifs is 9. The topological polar surface area (TPSA) is 136 Å². The average molecular weight is 957 g/mol. The fourth-order valence-corrected chi connectivity index (χ4v) is 16.6. The van der Waals surface area contributed by atoms with Crippen LogP contribution in [0.5, 0.6) is 23.0 Å². The number of aromatic hydroxyl groups is 1. The summed E-state index contributed by atoms with van der Waals surface area (Å²) in [6.07, 6.45) is 2.93. The molecule has 9 nitrogen and oxygen atoms in total. The molecule has 2 N–H and O–H groups in total. The van der Waals surface area contributed by atoms with Gasteiger partial charge in [-0.3, -0.25) is 13.7 Å². The van der Waals surface area contributed by atoms with Crippen LogP contribution >= 0.6 is 22.1 Å². The Morgan fingerprint density at radius 3 is 1.35 bits per heavy atom. The van der Waals surface area contributed by atoms with Crippen LogP contribution in [0.4, 0.5) is 0 Å². The van der Waals surface area contributed by atoms with Crippen molar-refractivity contribution in [2.45, 2.75) is 38.0 Å². The van der Waals surface area contributed by atoms with Crippen molar-refractivity contribution >= 4 is 44.3 Å². The zero-order valence-corrected chi connectivity index (χ0v) is 40.1. The Bertz CT molecular complexity index is 3300.